The maximum Gasteiger partial charge on any atom is 0.107 e. The number of aliphatic hydroxyl groups is 2. The number of para-hydroxylation sites is 1. The molecule has 2 atom stereocenters. The Morgan fingerprint density at radius 3 is 3.06 bits per heavy atom. The van der Waals surface area contributed by atoms with Crippen LogP contribution in [0.2, 0.25) is 0 Å². The first-order valence-corrected chi connectivity index (χ1v) is 5.53. The van der Waals surface area contributed by atoms with Gasteiger partial charge in [-0.1, -0.05) is 23.3 Å². The number of aromatic nitrogens is 2. The zero-order valence-corrected chi connectivity index (χ0v) is 9.56. The molecule has 0 aliphatic rings. The van der Waals surface area contributed by atoms with Crippen molar-refractivity contribution in [3.63, 3.8) is 0 Å². The first-order chi connectivity index (χ1) is 8.74. The molecular weight excluding hydrogens is 234 g/mol. The summed E-state index contributed by atoms with van der Waals surface area (Å²) in [4.78, 5) is 2.60. The number of nitrogens with zero attached hydrogens (tertiary/aromatic N) is 4. The fourth-order valence-corrected chi connectivity index (χ4v) is 1.84. The summed E-state index contributed by atoms with van der Waals surface area (Å²) in [6.07, 6.45) is -0.166. The lowest BCUT2D eigenvalue weighted by atomic mass is 10.00. The van der Waals surface area contributed by atoms with Crippen LogP contribution < -0.4 is 0 Å². The van der Waals surface area contributed by atoms with Crippen LogP contribution in [0.25, 0.3) is 21.3 Å². The van der Waals surface area contributed by atoms with Crippen molar-refractivity contribution in [3.8, 4) is 0 Å². The molecule has 0 aliphatic heterocycles. The molecule has 0 spiro atoms. The van der Waals surface area contributed by atoms with E-state index in [9.17, 15) is 10.2 Å². The molecule has 0 saturated heterocycles. The molecule has 18 heavy (non-hydrogen) atoms. The minimum atomic E-state index is -1.04. The van der Waals surface area contributed by atoms with E-state index >= 15 is 0 Å². The molecule has 0 amide bonds. The highest BCUT2D eigenvalue weighted by Gasteiger charge is 2.20. The van der Waals surface area contributed by atoms with Gasteiger partial charge >= 0.3 is 0 Å². The summed E-state index contributed by atoms with van der Waals surface area (Å²) in [6.45, 7) is 0.147. The molecule has 0 saturated carbocycles. The van der Waals surface area contributed by atoms with Crippen LogP contribution in [0, 0.1) is 0 Å². The molecule has 7 heteroatoms. The molecule has 2 aromatic rings. The largest absolute Gasteiger partial charge is 0.390 e. The number of aromatic amines is 1. The van der Waals surface area contributed by atoms with Gasteiger partial charge in [0.2, 0.25) is 0 Å². The molecular formula is C11H13N5O2. The molecule has 7 nitrogen and oxygen atoms in total. The zero-order valence-electron chi connectivity index (χ0n) is 9.56. The van der Waals surface area contributed by atoms with E-state index in [0.717, 1.165) is 5.39 Å². The Bertz CT molecular complexity index is 576. The van der Waals surface area contributed by atoms with Gasteiger partial charge in [-0.2, -0.15) is 5.10 Å². The number of benzene rings is 1. The van der Waals surface area contributed by atoms with Crippen molar-refractivity contribution in [2.24, 2.45) is 5.11 Å². The number of azide groups is 1. The molecule has 1 heterocycles. The fraction of sp³-hybridized carbons (Fsp3) is 0.364. The van der Waals surface area contributed by atoms with Gasteiger partial charge in [0.1, 0.15) is 6.10 Å². The molecule has 94 valence electrons. The van der Waals surface area contributed by atoms with Gasteiger partial charge < -0.3 is 10.2 Å². The van der Waals surface area contributed by atoms with Gasteiger partial charge in [0.05, 0.1) is 17.8 Å². The second-order valence-electron chi connectivity index (χ2n) is 3.94. The topological polar surface area (TPSA) is 118 Å². The van der Waals surface area contributed by atoms with Crippen molar-refractivity contribution in [2.75, 3.05) is 6.54 Å². The molecule has 0 radical (unpaired) electrons. The standard InChI is InChI=1S/C11H13N5O2/c12-16-13-5-4-9(17)11(18)8-3-1-2-7-6-14-15-10(7)8/h1-3,6,9,11,17-18H,4-5H2,(H,14,15). The van der Waals surface area contributed by atoms with Crippen LogP contribution in [-0.4, -0.2) is 33.1 Å². The van der Waals surface area contributed by atoms with Crippen molar-refractivity contribution in [2.45, 2.75) is 18.6 Å². The molecule has 1 aromatic heterocycles. The van der Waals surface area contributed by atoms with Crippen LogP contribution in [0.5, 0.6) is 0 Å². The zero-order chi connectivity index (χ0) is 13.0. The summed E-state index contributed by atoms with van der Waals surface area (Å²) in [5.41, 5.74) is 9.43. The second-order valence-corrected chi connectivity index (χ2v) is 3.94. The highest BCUT2D eigenvalue weighted by molar-refractivity contribution is 5.81. The van der Waals surface area contributed by atoms with Crippen molar-refractivity contribution in [3.05, 3.63) is 40.4 Å². The summed E-state index contributed by atoms with van der Waals surface area (Å²) in [5, 5.41) is 30.8. The van der Waals surface area contributed by atoms with Crippen molar-refractivity contribution >= 4 is 10.9 Å². The van der Waals surface area contributed by atoms with E-state index in [-0.39, 0.29) is 13.0 Å². The molecule has 0 fully saturated rings. The lowest BCUT2D eigenvalue weighted by Gasteiger charge is -2.17. The van der Waals surface area contributed by atoms with Crippen LogP contribution >= 0.6 is 0 Å². The third-order valence-corrected chi connectivity index (χ3v) is 2.78. The Hall–Kier alpha value is -2.08. The van der Waals surface area contributed by atoms with E-state index in [1.54, 1.807) is 18.3 Å². The maximum absolute atomic E-state index is 10.1. The summed E-state index contributed by atoms with van der Waals surface area (Å²) < 4.78 is 0. The maximum atomic E-state index is 10.1. The average molecular weight is 247 g/mol. The summed E-state index contributed by atoms with van der Waals surface area (Å²) in [5.74, 6) is 0. The number of hydrogen-bond acceptors (Lipinski definition) is 4. The van der Waals surface area contributed by atoms with Crippen LogP contribution in [0.3, 0.4) is 0 Å². The smallest absolute Gasteiger partial charge is 0.107 e. The summed E-state index contributed by atoms with van der Waals surface area (Å²) >= 11 is 0. The molecule has 2 unspecified atom stereocenters. The molecule has 3 N–H and O–H groups in total. The molecule has 0 bridgehead atoms. The average Bonchev–Trinajstić information content (AvgIpc) is 2.86. The van der Waals surface area contributed by atoms with E-state index in [4.69, 9.17) is 5.53 Å². The van der Waals surface area contributed by atoms with E-state index in [1.165, 1.54) is 0 Å². The van der Waals surface area contributed by atoms with Crippen LogP contribution in [0.4, 0.5) is 0 Å². The SMILES string of the molecule is [N-]=[N+]=NCCC(O)C(O)c1cccc2cn[nH]c12. The Morgan fingerprint density at radius 1 is 1.44 bits per heavy atom. The number of H-pyrrole nitrogens is 1. The number of nitrogens with one attached hydrogen (secondary N) is 1. The summed E-state index contributed by atoms with van der Waals surface area (Å²) in [7, 11) is 0. The van der Waals surface area contributed by atoms with Gasteiger partial charge in [0, 0.05) is 22.4 Å². The Labute approximate surface area is 103 Å². The number of fused-ring (bicyclic) bond motifs is 1. The number of rotatable bonds is 5. The Balaban J connectivity index is 2.19. The minimum Gasteiger partial charge on any atom is -0.390 e. The number of hydrogen-bond donors (Lipinski definition) is 3. The van der Waals surface area contributed by atoms with E-state index in [0.29, 0.717) is 11.1 Å². The highest BCUT2D eigenvalue weighted by Crippen LogP contribution is 2.25. The quantitative estimate of drug-likeness (QED) is 0.423. The Kier molecular flexibility index (Phi) is 3.78. The number of aliphatic hydroxyl groups excluding tert-OH is 2. The molecule has 0 aliphatic carbocycles. The first-order valence-electron chi connectivity index (χ1n) is 5.53. The van der Waals surface area contributed by atoms with Crippen molar-refractivity contribution in [1.29, 1.82) is 0 Å². The lowest BCUT2D eigenvalue weighted by molar-refractivity contribution is 0.0158. The highest BCUT2D eigenvalue weighted by atomic mass is 16.3. The molecule has 2 rings (SSSR count). The second kappa shape index (κ2) is 5.50. The van der Waals surface area contributed by atoms with E-state index < -0.39 is 12.2 Å². The predicted molar refractivity (Wildman–Crippen MR) is 65.7 cm³/mol. The molecule has 1 aromatic carbocycles. The van der Waals surface area contributed by atoms with Gasteiger partial charge in [0.15, 0.2) is 0 Å². The van der Waals surface area contributed by atoms with Crippen LogP contribution in [-0.2, 0) is 0 Å². The third kappa shape index (κ3) is 2.43. The monoisotopic (exact) mass is 247 g/mol. The fourth-order valence-electron chi connectivity index (χ4n) is 1.84. The van der Waals surface area contributed by atoms with Gasteiger partial charge in [-0.05, 0) is 12.0 Å². The van der Waals surface area contributed by atoms with Gasteiger partial charge in [-0.15, -0.1) is 0 Å². The lowest BCUT2D eigenvalue weighted by Crippen LogP contribution is -2.19. The third-order valence-electron chi connectivity index (χ3n) is 2.78. The van der Waals surface area contributed by atoms with E-state index in [2.05, 4.69) is 20.2 Å². The minimum absolute atomic E-state index is 0.147. The van der Waals surface area contributed by atoms with Crippen molar-refractivity contribution in [1.82, 2.24) is 10.2 Å². The first kappa shape index (κ1) is 12.4. The Morgan fingerprint density at radius 2 is 2.28 bits per heavy atom. The van der Waals surface area contributed by atoms with E-state index in [1.807, 2.05) is 6.07 Å². The predicted octanol–water partition coefficient (Wildman–Crippen LogP) is 1.66. The van der Waals surface area contributed by atoms with Gasteiger partial charge in [-0.25, -0.2) is 0 Å². The van der Waals surface area contributed by atoms with Gasteiger partial charge in [-0.3, -0.25) is 5.10 Å². The van der Waals surface area contributed by atoms with Crippen LogP contribution in [0.1, 0.15) is 18.1 Å². The summed E-state index contributed by atoms with van der Waals surface area (Å²) in [6, 6.07) is 5.37. The normalized spacial score (nSPS) is 14.1. The van der Waals surface area contributed by atoms with Gasteiger partial charge in [0.25, 0.3) is 0 Å². The van der Waals surface area contributed by atoms with Crippen molar-refractivity contribution < 1.29 is 10.2 Å². The van der Waals surface area contributed by atoms with Crippen LogP contribution in [0.15, 0.2) is 29.5 Å².